The zero-order valence-corrected chi connectivity index (χ0v) is 9.51. The number of rotatable bonds is 4. The predicted molar refractivity (Wildman–Crippen MR) is 60.8 cm³/mol. The smallest absolute Gasteiger partial charge is 0.0967 e. The van der Waals surface area contributed by atoms with Gasteiger partial charge in [0.1, 0.15) is 0 Å². The summed E-state index contributed by atoms with van der Waals surface area (Å²) in [7, 11) is 0. The molecule has 0 aliphatic carbocycles. The van der Waals surface area contributed by atoms with Crippen LogP contribution in [0.25, 0.3) is 0 Å². The van der Waals surface area contributed by atoms with Gasteiger partial charge in [0.25, 0.3) is 0 Å². The van der Waals surface area contributed by atoms with E-state index in [0.717, 1.165) is 26.3 Å². The minimum Gasteiger partial charge on any atom is -0.379 e. The third kappa shape index (κ3) is 4.64. The first-order valence-corrected chi connectivity index (χ1v) is 5.27. The van der Waals surface area contributed by atoms with Gasteiger partial charge in [0.2, 0.25) is 0 Å². The fourth-order valence-electron chi connectivity index (χ4n) is 1.23. The van der Waals surface area contributed by atoms with Gasteiger partial charge in [-0.3, -0.25) is 10.3 Å². The molecule has 0 aromatic carbocycles. The van der Waals surface area contributed by atoms with Crippen molar-refractivity contribution in [1.82, 2.24) is 4.90 Å². The Bertz CT molecular complexity index is 246. The second kappa shape index (κ2) is 6.06. The molecule has 0 unspecified atom stereocenters. The first kappa shape index (κ1) is 11.6. The summed E-state index contributed by atoms with van der Waals surface area (Å²) < 4.78 is 5.50. The SMILES string of the molecule is N=C(Br)/C=C\C(=N)CN1CCOCC1. The number of ether oxygens (including phenoxy) is 1. The zero-order chi connectivity index (χ0) is 10.4. The van der Waals surface area contributed by atoms with Gasteiger partial charge in [-0.1, -0.05) is 0 Å². The van der Waals surface area contributed by atoms with E-state index in [2.05, 4.69) is 20.8 Å². The van der Waals surface area contributed by atoms with Crippen LogP contribution in [0.1, 0.15) is 0 Å². The molecule has 1 aliphatic heterocycles. The van der Waals surface area contributed by atoms with Crippen LogP contribution in [-0.2, 0) is 4.74 Å². The van der Waals surface area contributed by atoms with Crippen molar-refractivity contribution < 1.29 is 4.74 Å². The third-order valence-corrected chi connectivity index (χ3v) is 2.19. The number of morpholine rings is 1. The summed E-state index contributed by atoms with van der Waals surface area (Å²) in [6.07, 6.45) is 3.22. The van der Waals surface area contributed by atoms with E-state index < -0.39 is 0 Å². The van der Waals surface area contributed by atoms with E-state index in [9.17, 15) is 0 Å². The zero-order valence-electron chi connectivity index (χ0n) is 7.92. The molecule has 5 heteroatoms. The standard InChI is InChI=1S/C9H14BrN3O/c10-9(12)2-1-8(11)7-13-3-5-14-6-4-13/h1-2,11-12H,3-7H2/b2-1-,11-8?,12-9?. The molecule has 1 rings (SSSR count). The van der Waals surface area contributed by atoms with Crippen LogP contribution in [0.4, 0.5) is 0 Å². The van der Waals surface area contributed by atoms with Crippen LogP contribution in [0.3, 0.4) is 0 Å². The summed E-state index contributed by atoms with van der Waals surface area (Å²) in [6, 6.07) is 0. The lowest BCUT2D eigenvalue weighted by molar-refractivity contribution is 0.0453. The average Bonchev–Trinajstić information content (AvgIpc) is 2.16. The largest absolute Gasteiger partial charge is 0.379 e. The highest BCUT2D eigenvalue weighted by Gasteiger charge is 2.10. The van der Waals surface area contributed by atoms with Crippen molar-refractivity contribution in [1.29, 1.82) is 10.8 Å². The second-order valence-corrected chi connectivity index (χ2v) is 3.95. The van der Waals surface area contributed by atoms with Gasteiger partial charge in [-0.05, 0) is 28.1 Å². The quantitative estimate of drug-likeness (QED) is 0.748. The molecule has 1 heterocycles. The molecule has 0 saturated carbocycles. The van der Waals surface area contributed by atoms with Gasteiger partial charge in [-0.25, -0.2) is 0 Å². The van der Waals surface area contributed by atoms with Crippen LogP contribution in [-0.4, -0.2) is 48.1 Å². The van der Waals surface area contributed by atoms with Crippen molar-refractivity contribution in [3.8, 4) is 0 Å². The van der Waals surface area contributed by atoms with Gasteiger partial charge in [0.15, 0.2) is 0 Å². The Kier molecular flexibility index (Phi) is 5.00. The molecule has 78 valence electrons. The summed E-state index contributed by atoms with van der Waals surface area (Å²) in [5.41, 5.74) is 0.524. The second-order valence-electron chi connectivity index (χ2n) is 3.10. The van der Waals surface area contributed by atoms with Gasteiger partial charge in [-0.15, -0.1) is 0 Å². The first-order chi connectivity index (χ1) is 6.68. The fourth-order valence-corrected chi connectivity index (χ4v) is 1.36. The van der Waals surface area contributed by atoms with Crippen molar-refractivity contribution in [2.45, 2.75) is 0 Å². The summed E-state index contributed by atoms with van der Waals surface area (Å²) in [5.74, 6) is 0. The Hall–Kier alpha value is -0.520. The Labute approximate surface area is 92.1 Å². The topological polar surface area (TPSA) is 60.2 Å². The molecule has 0 spiro atoms. The van der Waals surface area contributed by atoms with Crippen LogP contribution in [0.15, 0.2) is 12.2 Å². The maximum atomic E-state index is 7.63. The highest BCUT2D eigenvalue weighted by molar-refractivity contribution is 9.18. The van der Waals surface area contributed by atoms with Gasteiger partial charge in [0, 0.05) is 25.3 Å². The summed E-state index contributed by atoms with van der Waals surface area (Å²) in [6.45, 7) is 3.93. The molecule has 0 aromatic heterocycles. The van der Waals surface area contributed by atoms with Crippen LogP contribution in [0, 0.1) is 10.8 Å². The molecule has 4 nitrogen and oxygen atoms in total. The summed E-state index contributed by atoms with van der Waals surface area (Å²) in [5, 5.41) is 14.7. The normalized spacial score (nSPS) is 18.6. The lowest BCUT2D eigenvalue weighted by Crippen LogP contribution is -2.39. The number of allylic oxidation sites excluding steroid dienone is 1. The van der Waals surface area contributed by atoms with Crippen LogP contribution < -0.4 is 0 Å². The van der Waals surface area contributed by atoms with Gasteiger partial charge in [-0.2, -0.15) is 0 Å². The molecule has 2 N–H and O–H groups in total. The minimum atomic E-state index is 0.296. The molecule has 0 amide bonds. The molecule has 1 saturated heterocycles. The van der Waals surface area contributed by atoms with Crippen molar-refractivity contribution in [2.75, 3.05) is 32.8 Å². The molecule has 1 aliphatic rings. The minimum absolute atomic E-state index is 0.296. The molecule has 0 atom stereocenters. The fraction of sp³-hybridized carbons (Fsp3) is 0.556. The van der Waals surface area contributed by atoms with Crippen molar-refractivity contribution in [2.24, 2.45) is 0 Å². The van der Waals surface area contributed by atoms with E-state index in [4.69, 9.17) is 15.6 Å². The molecule has 0 radical (unpaired) electrons. The Morgan fingerprint density at radius 1 is 1.29 bits per heavy atom. The van der Waals surface area contributed by atoms with Crippen molar-refractivity contribution >= 4 is 26.3 Å². The molecule has 14 heavy (non-hydrogen) atoms. The lowest BCUT2D eigenvalue weighted by Gasteiger charge is -2.25. The summed E-state index contributed by atoms with van der Waals surface area (Å²) >= 11 is 2.99. The van der Waals surface area contributed by atoms with Crippen LogP contribution >= 0.6 is 15.9 Å². The van der Waals surface area contributed by atoms with E-state index in [-0.39, 0.29) is 0 Å². The van der Waals surface area contributed by atoms with E-state index in [1.165, 1.54) is 0 Å². The van der Waals surface area contributed by atoms with Gasteiger partial charge in [0.05, 0.1) is 17.8 Å². The van der Waals surface area contributed by atoms with E-state index >= 15 is 0 Å². The number of hydrogen-bond acceptors (Lipinski definition) is 4. The lowest BCUT2D eigenvalue weighted by atomic mass is 10.3. The number of nitrogens with one attached hydrogen (secondary N) is 2. The van der Waals surface area contributed by atoms with Gasteiger partial charge < -0.3 is 10.1 Å². The van der Waals surface area contributed by atoms with Crippen LogP contribution in [0.2, 0.25) is 0 Å². The highest BCUT2D eigenvalue weighted by Crippen LogP contribution is 1.97. The van der Waals surface area contributed by atoms with E-state index in [1.54, 1.807) is 12.2 Å². The Balaban J connectivity index is 2.28. The van der Waals surface area contributed by atoms with Gasteiger partial charge >= 0.3 is 0 Å². The Morgan fingerprint density at radius 3 is 2.50 bits per heavy atom. The average molecular weight is 260 g/mol. The molecule has 1 fully saturated rings. The number of hydrogen-bond donors (Lipinski definition) is 2. The highest BCUT2D eigenvalue weighted by atomic mass is 79.9. The number of halogens is 1. The van der Waals surface area contributed by atoms with Crippen molar-refractivity contribution in [3.63, 3.8) is 0 Å². The number of nitrogens with zero attached hydrogens (tertiary/aromatic N) is 1. The summed E-state index contributed by atoms with van der Waals surface area (Å²) in [4.78, 5) is 2.17. The first-order valence-electron chi connectivity index (χ1n) is 4.48. The maximum Gasteiger partial charge on any atom is 0.0967 e. The van der Waals surface area contributed by atoms with E-state index in [0.29, 0.717) is 16.9 Å². The van der Waals surface area contributed by atoms with Crippen LogP contribution in [0.5, 0.6) is 0 Å². The molecular weight excluding hydrogens is 246 g/mol. The predicted octanol–water partition coefficient (Wildman–Crippen LogP) is 1.27. The van der Waals surface area contributed by atoms with E-state index in [1.807, 2.05) is 0 Å². The monoisotopic (exact) mass is 259 g/mol. The molecule has 0 bridgehead atoms. The molecule has 0 aromatic rings. The Morgan fingerprint density at radius 2 is 1.93 bits per heavy atom. The third-order valence-electron chi connectivity index (χ3n) is 1.93. The van der Waals surface area contributed by atoms with Crippen molar-refractivity contribution in [3.05, 3.63) is 12.2 Å². The maximum absolute atomic E-state index is 7.63. The molecular formula is C9H14BrN3O.